The fraction of sp³-hybridized carbons (Fsp3) is 0.500. The monoisotopic (exact) mass is 394 g/mol. The number of hydrogen-bond donors (Lipinski definition) is 3. The number of aliphatic carboxylic acids is 1. The molecule has 1 aliphatic carbocycles. The number of nitrogens with zero attached hydrogens (tertiary/aromatic N) is 1. The van der Waals surface area contributed by atoms with Crippen LogP contribution in [-0.4, -0.2) is 40.3 Å². The number of nitrogens with one attached hydrogen (secondary N) is 1. The molecule has 27 heavy (non-hydrogen) atoms. The maximum absolute atomic E-state index is 9.00. The standard InChI is InChI=1S/C17H21ClN2.C2H4O2.CH2O2/c18-14-3-4-17-15(9-14)16(13-5-7-19-8-6-13)11-20(17)10-12-1-2-12;1-2(3)4;2-1-3/h3-4,9,11-13,19H,1-2,5-8,10H2;1H3,(H,3,4);1H,(H,2,3). The van der Waals surface area contributed by atoms with Crippen molar-refractivity contribution in [2.75, 3.05) is 13.1 Å². The zero-order valence-corrected chi connectivity index (χ0v) is 16.3. The minimum Gasteiger partial charge on any atom is -0.483 e. The highest BCUT2D eigenvalue weighted by molar-refractivity contribution is 6.31. The lowest BCUT2D eigenvalue weighted by Gasteiger charge is -2.22. The van der Waals surface area contributed by atoms with Crippen molar-refractivity contribution < 1.29 is 19.8 Å². The highest BCUT2D eigenvalue weighted by atomic mass is 35.5. The molecule has 2 aliphatic rings. The summed E-state index contributed by atoms with van der Waals surface area (Å²) >= 11 is 6.24. The Morgan fingerprint density at radius 1 is 1.30 bits per heavy atom. The Balaban J connectivity index is 0.000000327. The van der Waals surface area contributed by atoms with Crippen molar-refractivity contribution in [3.8, 4) is 0 Å². The molecule has 2 aromatic rings. The summed E-state index contributed by atoms with van der Waals surface area (Å²) in [5.41, 5.74) is 2.89. The second-order valence-electron chi connectivity index (χ2n) is 6.99. The largest absolute Gasteiger partial charge is 0.483 e. The first kappa shape index (κ1) is 21.3. The molecule has 3 N–H and O–H groups in total. The number of hydrogen-bond acceptors (Lipinski definition) is 3. The lowest BCUT2D eigenvalue weighted by molar-refractivity contribution is -0.134. The summed E-state index contributed by atoms with van der Waals surface area (Å²) in [6.45, 7) is 4.30. The zero-order chi connectivity index (χ0) is 19.8. The molecule has 0 amide bonds. The van der Waals surface area contributed by atoms with Crippen molar-refractivity contribution in [3.05, 3.63) is 35.0 Å². The first-order valence-corrected chi connectivity index (χ1v) is 9.60. The van der Waals surface area contributed by atoms with Gasteiger partial charge in [-0.1, -0.05) is 11.6 Å². The molecule has 2 fully saturated rings. The van der Waals surface area contributed by atoms with Crippen LogP contribution in [0, 0.1) is 5.92 Å². The predicted molar refractivity (Wildman–Crippen MR) is 107 cm³/mol. The van der Waals surface area contributed by atoms with Crippen LogP contribution < -0.4 is 5.32 Å². The van der Waals surface area contributed by atoms with E-state index in [1.807, 2.05) is 6.07 Å². The number of carboxylic acids is 1. The summed E-state index contributed by atoms with van der Waals surface area (Å²) in [6, 6.07) is 6.39. The van der Waals surface area contributed by atoms with E-state index in [9.17, 15) is 0 Å². The third kappa shape index (κ3) is 6.56. The van der Waals surface area contributed by atoms with Gasteiger partial charge in [-0.2, -0.15) is 0 Å². The van der Waals surface area contributed by atoms with Gasteiger partial charge in [-0.3, -0.25) is 9.59 Å². The van der Waals surface area contributed by atoms with E-state index in [4.69, 9.17) is 31.4 Å². The van der Waals surface area contributed by atoms with Gasteiger partial charge in [0.1, 0.15) is 0 Å². The van der Waals surface area contributed by atoms with Crippen LogP contribution in [-0.2, 0) is 16.1 Å². The fourth-order valence-corrected chi connectivity index (χ4v) is 3.66. The molecule has 2 heterocycles. The molecule has 1 saturated carbocycles. The number of halogens is 1. The predicted octanol–water partition coefficient (Wildman–Crippen LogP) is 3.96. The molecule has 148 valence electrons. The van der Waals surface area contributed by atoms with Crippen LogP contribution in [0.1, 0.15) is 44.1 Å². The van der Waals surface area contributed by atoms with Crippen LogP contribution in [0.25, 0.3) is 10.9 Å². The highest BCUT2D eigenvalue weighted by Crippen LogP contribution is 2.37. The van der Waals surface area contributed by atoms with E-state index in [0.717, 1.165) is 31.0 Å². The summed E-state index contributed by atoms with van der Waals surface area (Å²) in [4.78, 5) is 17.4. The van der Waals surface area contributed by atoms with E-state index in [1.54, 1.807) is 0 Å². The smallest absolute Gasteiger partial charge is 0.300 e. The number of piperidine rings is 1. The molecule has 1 aromatic heterocycles. The quantitative estimate of drug-likeness (QED) is 0.685. The molecule has 0 atom stereocenters. The van der Waals surface area contributed by atoms with E-state index in [2.05, 4.69) is 28.2 Å². The average molecular weight is 395 g/mol. The van der Waals surface area contributed by atoms with Crippen LogP contribution >= 0.6 is 11.6 Å². The molecule has 4 rings (SSSR count). The summed E-state index contributed by atoms with van der Waals surface area (Å²) in [5, 5.41) is 20.0. The van der Waals surface area contributed by atoms with Crippen LogP contribution in [0.5, 0.6) is 0 Å². The molecule has 0 unspecified atom stereocenters. The topological polar surface area (TPSA) is 91.6 Å². The molecular weight excluding hydrogens is 368 g/mol. The van der Waals surface area contributed by atoms with Crippen molar-refractivity contribution in [2.45, 2.75) is 45.1 Å². The van der Waals surface area contributed by atoms with Gasteiger partial charge in [0.05, 0.1) is 0 Å². The second-order valence-corrected chi connectivity index (χ2v) is 7.43. The molecule has 1 aromatic carbocycles. The minimum atomic E-state index is -0.833. The number of carbonyl (C=O) groups is 2. The molecule has 0 radical (unpaired) electrons. The SMILES string of the molecule is CC(=O)O.Clc1ccc2c(c1)c(C1CCNCC1)cn2CC1CC1.O=CO. The molecular formula is C20H27ClN2O4. The van der Waals surface area contributed by atoms with Crippen LogP contribution in [0.15, 0.2) is 24.4 Å². The van der Waals surface area contributed by atoms with Gasteiger partial charge in [-0.25, -0.2) is 0 Å². The lowest BCUT2D eigenvalue weighted by atomic mass is 9.90. The van der Waals surface area contributed by atoms with Crippen LogP contribution in [0.4, 0.5) is 0 Å². The Hall–Kier alpha value is -2.05. The van der Waals surface area contributed by atoms with Gasteiger partial charge in [-0.15, -0.1) is 0 Å². The Bertz CT molecular complexity index is 761. The van der Waals surface area contributed by atoms with E-state index in [0.29, 0.717) is 5.92 Å². The number of benzene rings is 1. The maximum Gasteiger partial charge on any atom is 0.300 e. The van der Waals surface area contributed by atoms with Gasteiger partial charge in [0.15, 0.2) is 0 Å². The first-order valence-electron chi connectivity index (χ1n) is 9.22. The number of carboxylic acid groups (broad SMARTS) is 2. The molecule has 6 nitrogen and oxygen atoms in total. The maximum atomic E-state index is 9.00. The third-order valence-electron chi connectivity index (χ3n) is 4.80. The minimum absolute atomic E-state index is 0.250. The van der Waals surface area contributed by atoms with E-state index in [1.165, 1.54) is 48.7 Å². The summed E-state index contributed by atoms with van der Waals surface area (Å²) in [6.07, 6.45) is 7.70. The Morgan fingerprint density at radius 2 is 1.89 bits per heavy atom. The van der Waals surface area contributed by atoms with Gasteiger partial charge in [0.25, 0.3) is 12.4 Å². The molecule has 7 heteroatoms. The van der Waals surface area contributed by atoms with Crippen molar-refractivity contribution in [3.63, 3.8) is 0 Å². The van der Waals surface area contributed by atoms with Crippen molar-refractivity contribution in [2.24, 2.45) is 5.92 Å². The van der Waals surface area contributed by atoms with Crippen molar-refractivity contribution in [1.29, 1.82) is 0 Å². The molecule has 0 spiro atoms. The summed E-state index contributed by atoms with van der Waals surface area (Å²) in [7, 11) is 0. The van der Waals surface area contributed by atoms with Gasteiger partial charge in [-0.05, 0) is 74.4 Å². The van der Waals surface area contributed by atoms with E-state index < -0.39 is 5.97 Å². The summed E-state index contributed by atoms with van der Waals surface area (Å²) in [5.74, 6) is 0.764. The molecule has 0 bridgehead atoms. The lowest BCUT2D eigenvalue weighted by Crippen LogP contribution is -2.26. The van der Waals surface area contributed by atoms with Gasteiger partial charge in [0, 0.05) is 35.6 Å². The Morgan fingerprint density at radius 3 is 2.44 bits per heavy atom. The van der Waals surface area contributed by atoms with E-state index in [-0.39, 0.29) is 6.47 Å². The number of fused-ring (bicyclic) bond motifs is 1. The van der Waals surface area contributed by atoms with Gasteiger partial charge in [0.2, 0.25) is 0 Å². The summed E-state index contributed by atoms with van der Waals surface area (Å²) < 4.78 is 2.47. The van der Waals surface area contributed by atoms with Gasteiger partial charge < -0.3 is 20.1 Å². The number of rotatable bonds is 3. The Labute approximate surface area is 164 Å². The highest BCUT2D eigenvalue weighted by Gasteiger charge is 2.25. The van der Waals surface area contributed by atoms with Crippen LogP contribution in [0.3, 0.4) is 0 Å². The normalized spacial score (nSPS) is 16.7. The van der Waals surface area contributed by atoms with Crippen molar-refractivity contribution in [1.82, 2.24) is 9.88 Å². The second kappa shape index (κ2) is 10.3. The van der Waals surface area contributed by atoms with Crippen molar-refractivity contribution >= 4 is 34.9 Å². The average Bonchev–Trinajstić information content (AvgIpc) is 3.37. The third-order valence-corrected chi connectivity index (χ3v) is 5.04. The number of aromatic nitrogens is 1. The zero-order valence-electron chi connectivity index (χ0n) is 15.5. The Kier molecular flexibility index (Phi) is 8.13. The molecule has 1 aliphatic heterocycles. The van der Waals surface area contributed by atoms with Crippen LogP contribution in [0.2, 0.25) is 5.02 Å². The van der Waals surface area contributed by atoms with Gasteiger partial charge >= 0.3 is 0 Å². The fourth-order valence-electron chi connectivity index (χ4n) is 3.48. The first-order chi connectivity index (χ1) is 13.0. The van der Waals surface area contributed by atoms with E-state index >= 15 is 0 Å². The molecule has 1 saturated heterocycles.